The average molecular weight is 342 g/mol. The second kappa shape index (κ2) is 22.9. The fourth-order valence-electron chi connectivity index (χ4n) is 0.534. The lowest BCUT2D eigenvalue weighted by Crippen LogP contribution is -2.03. The SMILES string of the molecule is CC(O)CO.O=C1C=CC(=O)O1.OCCO.OCCOCCO. The number of carbonyl (C=O) groups excluding carboxylic acids is 2. The Hall–Kier alpha value is -1.40. The molecule has 138 valence electrons. The summed E-state index contributed by atoms with van der Waals surface area (Å²) in [5, 5.41) is 47.4. The fraction of sp³-hybridized carbons (Fsp3) is 0.692. The summed E-state index contributed by atoms with van der Waals surface area (Å²) in [4.78, 5) is 19.8. The average Bonchev–Trinajstić information content (AvgIpc) is 2.92. The van der Waals surface area contributed by atoms with Gasteiger partial charge in [0.05, 0.1) is 52.4 Å². The van der Waals surface area contributed by atoms with Crippen molar-refractivity contribution < 1.29 is 49.7 Å². The van der Waals surface area contributed by atoms with E-state index in [1.165, 1.54) is 6.92 Å². The molecule has 0 saturated carbocycles. The first-order valence-electron chi connectivity index (χ1n) is 6.63. The van der Waals surface area contributed by atoms with Crippen LogP contribution in [0.2, 0.25) is 0 Å². The van der Waals surface area contributed by atoms with E-state index in [1.807, 2.05) is 0 Å². The van der Waals surface area contributed by atoms with Gasteiger partial charge >= 0.3 is 11.9 Å². The van der Waals surface area contributed by atoms with Gasteiger partial charge in [0, 0.05) is 12.2 Å². The van der Waals surface area contributed by atoms with Crippen molar-refractivity contribution in [3.8, 4) is 0 Å². The maximum Gasteiger partial charge on any atom is 0.338 e. The summed E-state index contributed by atoms with van der Waals surface area (Å²) in [5.41, 5.74) is 0. The number of ether oxygens (including phenoxy) is 2. The number of hydrogen-bond acceptors (Lipinski definition) is 10. The van der Waals surface area contributed by atoms with Crippen molar-refractivity contribution in [1.82, 2.24) is 0 Å². The molecule has 6 N–H and O–H groups in total. The monoisotopic (exact) mass is 342 g/mol. The Morgan fingerprint density at radius 3 is 1.39 bits per heavy atom. The molecule has 1 heterocycles. The van der Waals surface area contributed by atoms with Gasteiger partial charge in [-0.15, -0.1) is 0 Å². The lowest BCUT2D eigenvalue weighted by Gasteiger charge is -1.94. The lowest BCUT2D eigenvalue weighted by atomic mass is 10.5. The number of carbonyl (C=O) groups is 2. The number of aliphatic hydroxyl groups is 6. The molecule has 10 nitrogen and oxygen atoms in total. The molecule has 23 heavy (non-hydrogen) atoms. The Bertz CT molecular complexity index is 268. The highest BCUT2D eigenvalue weighted by molar-refractivity contribution is 6.04. The molecule has 0 bridgehead atoms. The van der Waals surface area contributed by atoms with Crippen molar-refractivity contribution >= 4 is 11.9 Å². The standard InChI is InChI=1S/C4H2O3.C4H10O3.C3H8O2.C2H6O2/c5-3-1-2-4(6)7-3;5-1-3-7-4-2-6;1-3(5)2-4;3-1-2-4/h1-2H;5-6H,1-4H2;3-5H,2H2,1H3;3-4H,1-2H2. The fourth-order valence-corrected chi connectivity index (χ4v) is 0.534. The van der Waals surface area contributed by atoms with Crippen LogP contribution in [0.15, 0.2) is 12.2 Å². The maximum atomic E-state index is 9.92. The molecule has 1 aliphatic heterocycles. The summed E-state index contributed by atoms with van der Waals surface area (Å²) in [6, 6.07) is 0. The summed E-state index contributed by atoms with van der Waals surface area (Å²) in [7, 11) is 0. The molecule has 1 rings (SSSR count). The summed E-state index contributed by atoms with van der Waals surface area (Å²) in [6.45, 7) is 1.83. The molecular formula is C13H26O10. The van der Waals surface area contributed by atoms with Gasteiger partial charge < -0.3 is 40.1 Å². The van der Waals surface area contributed by atoms with E-state index in [1.54, 1.807) is 0 Å². The van der Waals surface area contributed by atoms with E-state index in [0.29, 0.717) is 13.2 Å². The van der Waals surface area contributed by atoms with Crippen LogP contribution >= 0.6 is 0 Å². The molecule has 1 aliphatic rings. The van der Waals surface area contributed by atoms with E-state index in [9.17, 15) is 9.59 Å². The third-order valence-corrected chi connectivity index (χ3v) is 1.39. The van der Waals surface area contributed by atoms with Crippen molar-refractivity contribution in [3.63, 3.8) is 0 Å². The minimum atomic E-state index is -0.579. The van der Waals surface area contributed by atoms with E-state index >= 15 is 0 Å². The molecule has 0 amide bonds. The molecule has 0 aromatic heterocycles. The minimum Gasteiger partial charge on any atom is -0.394 e. The number of rotatable bonds is 6. The molecule has 0 spiro atoms. The van der Waals surface area contributed by atoms with Gasteiger partial charge in [-0.3, -0.25) is 0 Å². The van der Waals surface area contributed by atoms with E-state index < -0.39 is 18.0 Å². The van der Waals surface area contributed by atoms with Crippen LogP contribution < -0.4 is 0 Å². The summed E-state index contributed by atoms with van der Waals surface area (Å²) in [6.07, 6.45) is 1.61. The zero-order valence-electron chi connectivity index (χ0n) is 13.0. The van der Waals surface area contributed by atoms with Crippen molar-refractivity contribution in [2.45, 2.75) is 13.0 Å². The zero-order valence-corrected chi connectivity index (χ0v) is 13.0. The van der Waals surface area contributed by atoms with Gasteiger partial charge in [-0.25, -0.2) is 9.59 Å². The Balaban J connectivity index is -0.000000239. The summed E-state index contributed by atoms with van der Waals surface area (Å²) >= 11 is 0. The van der Waals surface area contributed by atoms with Crippen LogP contribution in [0.3, 0.4) is 0 Å². The molecular weight excluding hydrogens is 316 g/mol. The molecule has 1 atom stereocenters. The number of cyclic esters (lactones) is 2. The van der Waals surface area contributed by atoms with Gasteiger partial charge in [0.15, 0.2) is 0 Å². The van der Waals surface area contributed by atoms with Crippen molar-refractivity contribution in [1.29, 1.82) is 0 Å². The molecule has 0 radical (unpaired) electrons. The van der Waals surface area contributed by atoms with Crippen LogP contribution in [0.25, 0.3) is 0 Å². The van der Waals surface area contributed by atoms with Gasteiger partial charge in [-0.05, 0) is 6.92 Å². The predicted molar refractivity (Wildman–Crippen MR) is 78.2 cm³/mol. The van der Waals surface area contributed by atoms with Gasteiger partial charge in [0.1, 0.15) is 0 Å². The maximum absolute atomic E-state index is 9.92. The normalized spacial score (nSPS) is 12.8. The van der Waals surface area contributed by atoms with E-state index in [4.69, 9.17) is 30.6 Å². The van der Waals surface area contributed by atoms with E-state index in [0.717, 1.165) is 12.2 Å². The Morgan fingerprint density at radius 2 is 1.26 bits per heavy atom. The Kier molecular flexibility index (Phi) is 26.4. The van der Waals surface area contributed by atoms with Crippen LogP contribution in [0.1, 0.15) is 6.92 Å². The van der Waals surface area contributed by atoms with Crippen LogP contribution in [-0.2, 0) is 19.1 Å². The van der Waals surface area contributed by atoms with Gasteiger partial charge in [0.25, 0.3) is 0 Å². The topological polar surface area (TPSA) is 174 Å². The highest BCUT2D eigenvalue weighted by Crippen LogP contribution is 1.92. The van der Waals surface area contributed by atoms with Gasteiger partial charge in [0.2, 0.25) is 0 Å². The minimum absolute atomic E-state index is 0.0278. The second-order valence-corrected chi connectivity index (χ2v) is 3.61. The Morgan fingerprint density at radius 1 is 0.913 bits per heavy atom. The van der Waals surface area contributed by atoms with Crippen LogP contribution in [0.5, 0.6) is 0 Å². The first-order chi connectivity index (χ1) is 10.9. The van der Waals surface area contributed by atoms with Gasteiger partial charge in [-0.1, -0.05) is 0 Å². The first-order valence-corrected chi connectivity index (χ1v) is 6.63. The third-order valence-electron chi connectivity index (χ3n) is 1.39. The first kappa shape index (κ1) is 26.5. The number of hydrogen-bond donors (Lipinski definition) is 6. The lowest BCUT2D eigenvalue weighted by molar-refractivity contribution is -0.150. The molecule has 10 heteroatoms. The summed E-state index contributed by atoms with van der Waals surface area (Å²) < 4.78 is 8.60. The highest BCUT2D eigenvalue weighted by atomic mass is 16.6. The molecule has 0 fully saturated rings. The molecule has 0 aromatic carbocycles. The van der Waals surface area contributed by atoms with Crippen molar-refractivity contribution in [3.05, 3.63) is 12.2 Å². The molecule has 0 aliphatic carbocycles. The summed E-state index contributed by atoms with van der Waals surface area (Å²) in [5.74, 6) is -1.16. The van der Waals surface area contributed by atoms with E-state index in [-0.39, 0.29) is 33.0 Å². The van der Waals surface area contributed by atoms with Gasteiger partial charge in [-0.2, -0.15) is 0 Å². The van der Waals surface area contributed by atoms with Crippen molar-refractivity contribution in [2.75, 3.05) is 46.2 Å². The molecule has 1 unspecified atom stereocenters. The van der Waals surface area contributed by atoms with Crippen molar-refractivity contribution in [2.24, 2.45) is 0 Å². The molecule has 0 aromatic rings. The van der Waals surface area contributed by atoms with E-state index in [2.05, 4.69) is 9.47 Å². The number of aliphatic hydroxyl groups excluding tert-OH is 6. The predicted octanol–water partition coefficient (Wildman–Crippen LogP) is -3.06. The van der Waals surface area contributed by atoms with Crippen LogP contribution in [0.4, 0.5) is 0 Å². The Labute approximate surface area is 134 Å². The highest BCUT2D eigenvalue weighted by Gasteiger charge is 2.10. The largest absolute Gasteiger partial charge is 0.394 e. The van der Waals surface area contributed by atoms with Crippen LogP contribution in [-0.4, -0.2) is 94.9 Å². The quantitative estimate of drug-likeness (QED) is 0.165. The third kappa shape index (κ3) is 33.4. The second-order valence-electron chi connectivity index (χ2n) is 3.61. The smallest absolute Gasteiger partial charge is 0.338 e. The van der Waals surface area contributed by atoms with Crippen LogP contribution in [0, 0.1) is 0 Å². The number of esters is 2. The molecule has 0 saturated heterocycles. The zero-order chi connectivity index (χ0) is 18.5.